The molecule has 1 aromatic heterocycles. The van der Waals surface area contributed by atoms with Gasteiger partial charge in [0.05, 0.1) is 26.1 Å². The van der Waals surface area contributed by atoms with E-state index >= 15 is 0 Å². The molecule has 0 spiro atoms. The van der Waals surface area contributed by atoms with Gasteiger partial charge in [-0.25, -0.2) is 4.79 Å². The van der Waals surface area contributed by atoms with Crippen LogP contribution in [0.1, 0.15) is 11.1 Å². The third-order valence-corrected chi connectivity index (χ3v) is 5.66. The highest BCUT2D eigenvalue weighted by molar-refractivity contribution is 5.97. The topological polar surface area (TPSA) is 110 Å². The molecular weight excluding hydrogens is 432 g/mol. The lowest BCUT2D eigenvalue weighted by Gasteiger charge is -2.25. The summed E-state index contributed by atoms with van der Waals surface area (Å²) in [6, 6.07) is 23.0. The van der Waals surface area contributed by atoms with E-state index in [1.807, 2.05) is 72.8 Å². The molecule has 174 valence electrons. The van der Waals surface area contributed by atoms with Gasteiger partial charge < -0.3 is 10.5 Å². The summed E-state index contributed by atoms with van der Waals surface area (Å²) in [7, 11) is 1.50. The third kappa shape index (κ3) is 4.92. The maximum absolute atomic E-state index is 13.6. The first-order valence-electron chi connectivity index (χ1n) is 10.9. The summed E-state index contributed by atoms with van der Waals surface area (Å²) in [5.41, 5.74) is 6.50. The van der Waals surface area contributed by atoms with Crippen LogP contribution in [0.25, 0.3) is 10.8 Å². The van der Waals surface area contributed by atoms with Crippen LogP contribution in [0.5, 0.6) is 0 Å². The van der Waals surface area contributed by atoms with Gasteiger partial charge in [-0.15, -0.1) is 0 Å². The zero-order valence-electron chi connectivity index (χ0n) is 18.9. The Morgan fingerprint density at radius 2 is 1.68 bits per heavy atom. The van der Waals surface area contributed by atoms with E-state index in [0.29, 0.717) is 0 Å². The number of hydrogen-bond acceptors (Lipinski definition) is 5. The molecule has 0 radical (unpaired) electrons. The van der Waals surface area contributed by atoms with Crippen LogP contribution in [0.3, 0.4) is 0 Å². The minimum absolute atomic E-state index is 0.0506. The number of carbonyl (C=O) groups is 1. The highest BCUT2D eigenvalue weighted by Gasteiger charge is 2.25. The fourth-order valence-electron chi connectivity index (χ4n) is 3.92. The summed E-state index contributed by atoms with van der Waals surface area (Å²) in [5.74, 6) is -0.387. The number of nitrogens with zero attached hydrogens (tertiary/aromatic N) is 2. The Hall–Kier alpha value is -4.17. The molecule has 8 nitrogen and oxygen atoms in total. The fourth-order valence-corrected chi connectivity index (χ4v) is 3.92. The first-order valence-corrected chi connectivity index (χ1v) is 10.9. The zero-order valence-corrected chi connectivity index (χ0v) is 18.9. The Kier molecular flexibility index (Phi) is 6.89. The average Bonchev–Trinajstić information content (AvgIpc) is 2.83. The smallest absolute Gasteiger partial charge is 0.330 e. The largest absolute Gasteiger partial charge is 0.383 e. The predicted molar refractivity (Wildman–Crippen MR) is 133 cm³/mol. The van der Waals surface area contributed by atoms with Crippen molar-refractivity contribution >= 4 is 28.2 Å². The van der Waals surface area contributed by atoms with Gasteiger partial charge in [-0.1, -0.05) is 72.8 Å². The van der Waals surface area contributed by atoms with Crippen LogP contribution in [-0.2, 0) is 29.0 Å². The van der Waals surface area contributed by atoms with Crippen molar-refractivity contribution in [2.45, 2.75) is 19.5 Å². The lowest BCUT2D eigenvalue weighted by atomic mass is 10.0. The molecule has 0 aliphatic carbocycles. The van der Waals surface area contributed by atoms with Crippen LogP contribution in [0.2, 0.25) is 0 Å². The van der Waals surface area contributed by atoms with Gasteiger partial charge in [-0.2, -0.15) is 0 Å². The number of benzene rings is 3. The van der Waals surface area contributed by atoms with E-state index in [-0.39, 0.29) is 43.5 Å². The highest BCUT2D eigenvalue weighted by Crippen LogP contribution is 2.22. The Bertz CT molecular complexity index is 1430. The van der Waals surface area contributed by atoms with Crippen molar-refractivity contribution < 1.29 is 9.53 Å². The van der Waals surface area contributed by atoms with Gasteiger partial charge in [-0.3, -0.25) is 24.0 Å². The minimum Gasteiger partial charge on any atom is -0.383 e. The van der Waals surface area contributed by atoms with Gasteiger partial charge in [-0.05, 0) is 21.9 Å². The number of methoxy groups -OCH3 is 1. The van der Waals surface area contributed by atoms with Crippen LogP contribution in [0.4, 0.5) is 11.5 Å². The molecule has 0 saturated carbocycles. The van der Waals surface area contributed by atoms with Gasteiger partial charge in [0, 0.05) is 7.11 Å². The number of carbonyl (C=O) groups excluding carboxylic acids is 1. The number of aromatic amines is 1. The second kappa shape index (κ2) is 10.2. The highest BCUT2D eigenvalue weighted by atomic mass is 16.5. The summed E-state index contributed by atoms with van der Waals surface area (Å²) in [4.78, 5) is 42.4. The lowest BCUT2D eigenvalue weighted by molar-refractivity contribution is -0.118. The minimum atomic E-state index is -0.709. The molecule has 0 aliphatic heterocycles. The Labute approximate surface area is 196 Å². The van der Waals surface area contributed by atoms with E-state index in [4.69, 9.17) is 10.5 Å². The molecule has 0 bridgehead atoms. The molecule has 8 heteroatoms. The van der Waals surface area contributed by atoms with Crippen LogP contribution >= 0.6 is 0 Å². The van der Waals surface area contributed by atoms with Gasteiger partial charge in [0.1, 0.15) is 5.82 Å². The molecule has 34 heavy (non-hydrogen) atoms. The number of amides is 1. The zero-order chi connectivity index (χ0) is 24.1. The molecule has 3 N–H and O–H groups in total. The summed E-state index contributed by atoms with van der Waals surface area (Å²) in [6.07, 6.45) is 0.0632. The number of rotatable bonds is 8. The van der Waals surface area contributed by atoms with Gasteiger partial charge in [0.25, 0.3) is 5.56 Å². The van der Waals surface area contributed by atoms with E-state index in [9.17, 15) is 14.4 Å². The Morgan fingerprint density at radius 1 is 0.971 bits per heavy atom. The van der Waals surface area contributed by atoms with Gasteiger partial charge in [0.15, 0.2) is 5.69 Å². The Balaban J connectivity index is 1.75. The second-order valence-electron chi connectivity index (χ2n) is 7.96. The van der Waals surface area contributed by atoms with E-state index in [2.05, 4.69) is 4.98 Å². The van der Waals surface area contributed by atoms with Crippen molar-refractivity contribution in [2.24, 2.45) is 0 Å². The van der Waals surface area contributed by atoms with Crippen molar-refractivity contribution in [1.82, 2.24) is 9.55 Å². The number of anilines is 2. The molecule has 4 aromatic rings. The number of nitrogen functional groups attached to an aromatic ring is 1. The molecule has 0 saturated heterocycles. The quantitative estimate of drug-likeness (QED) is 0.422. The van der Waals surface area contributed by atoms with Crippen molar-refractivity contribution in [1.29, 1.82) is 0 Å². The maximum atomic E-state index is 13.6. The van der Waals surface area contributed by atoms with Gasteiger partial charge in [0.2, 0.25) is 5.91 Å². The molecule has 0 fully saturated rings. The molecule has 0 aliphatic rings. The van der Waals surface area contributed by atoms with E-state index in [1.54, 1.807) is 0 Å². The van der Waals surface area contributed by atoms with Crippen molar-refractivity contribution in [3.05, 3.63) is 105 Å². The molecular formula is C26H26N4O4. The molecule has 0 unspecified atom stereocenters. The Morgan fingerprint density at radius 3 is 2.41 bits per heavy atom. The molecule has 3 aromatic carbocycles. The third-order valence-electron chi connectivity index (χ3n) is 5.66. The predicted octanol–water partition coefficient (Wildman–Crippen LogP) is 2.69. The molecule has 1 heterocycles. The number of ether oxygens (including phenoxy) is 1. The fraction of sp³-hybridized carbons (Fsp3) is 0.192. The number of fused-ring (bicyclic) bond motifs is 1. The van der Waals surface area contributed by atoms with E-state index < -0.39 is 11.2 Å². The van der Waals surface area contributed by atoms with E-state index in [1.165, 1.54) is 16.6 Å². The van der Waals surface area contributed by atoms with Gasteiger partial charge >= 0.3 is 5.69 Å². The van der Waals surface area contributed by atoms with Crippen molar-refractivity contribution in [2.75, 3.05) is 24.4 Å². The first-order chi connectivity index (χ1) is 16.5. The molecule has 1 amide bonds. The van der Waals surface area contributed by atoms with Crippen molar-refractivity contribution in [3.63, 3.8) is 0 Å². The molecule has 0 atom stereocenters. The number of aromatic nitrogens is 2. The number of nitrogens with two attached hydrogens (primary N) is 1. The summed E-state index contributed by atoms with van der Waals surface area (Å²) in [5, 5.41) is 2.10. The number of nitrogens with one attached hydrogen (secondary N) is 1. The monoisotopic (exact) mass is 458 g/mol. The average molecular weight is 459 g/mol. The van der Waals surface area contributed by atoms with Crippen LogP contribution in [0.15, 0.2) is 82.4 Å². The summed E-state index contributed by atoms with van der Waals surface area (Å²) < 4.78 is 6.27. The normalized spacial score (nSPS) is 11.0. The maximum Gasteiger partial charge on any atom is 0.330 e. The van der Waals surface area contributed by atoms with Crippen LogP contribution < -0.4 is 21.9 Å². The van der Waals surface area contributed by atoms with Crippen LogP contribution in [-0.4, -0.2) is 29.2 Å². The summed E-state index contributed by atoms with van der Waals surface area (Å²) >= 11 is 0. The van der Waals surface area contributed by atoms with Crippen molar-refractivity contribution in [3.8, 4) is 0 Å². The summed E-state index contributed by atoms with van der Waals surface area (Å²) in [6.45, 7) is 0.491. The van der Waals surface area contributed by atoms with E-state index in [0.717, 1.165) is 21.9 Å². The van der Waals surface area contributed by atoms with Crippen LogP contribution in [0, 0.1) is 0 Å². The lowest BCUT2D eigenvalue weighted by Crippen LogP contribution is -2.41. The standard InChI is InChI=1S/C26H26N4O4/c1-34-14-13-29-24(27)23(25(32)28-26(29)33)30(17-18-7-3-2-4-8-18)22(31)16-19-11-12-20-9-5-6-10-21(20)15-19/h2-12,15H,13-14,16-17,27H2,1H3,(H,28,32,33). The SMILES string of the molecule is COCCn1c(N)c(N(Cc2ccccc2)C(=O)Cc2ccc3ccccc3c2)c(=O)[nH]c1=O. The molecule has 4 rings (SSSR count). The number of hydrogen-bond donors (Lipinski definition) is 2. The first kappa shape index (κ1) is 23.0. The second-order valence-corrected chi connectivity index (χ2v) is 7.96. The number of H-pyrrole nitrogens is 1.